The molecule has 1 N–H and O–H groups in total. The second-order valence-electron chi connectivity index (χ2n) is 4.26. The summed E-state index contributed by atoms with van der Waals surface area (Å²) >= 11 is 0. The number of hydrogen-bond donors (Lipinski definition) is 1. The quantitative estimate of drug-likeness (QED) is 0.734. The molecule has 5 heteroatoms. The summed E-state index contributed by atoms with van der Waals surface area (Å²) in [6, 6.07) is 3.03. The van der Waals surface area contributed by atoms with Gasteiger partial charge in [0.1, 0.15) is 0 Å². The summed E-state index contributed by atoms with van der Waals surface area (Å²) in [6.07, 6.45) is 2.57. The van der Waals surface area contributed by atoms with Crippen molar-refractivity contribution in [3.63, 3.8) is 0 Å². The van der Waals surface area contributed by atoms with Gasteiger partial charge < -0.3 is 14.8 Å². The molecule has 2 rings (SSSR count). The predicted octanol–water partition coefficient (Wildman–Crippen LogP) is -0.179. The van der Waals surface area contributed by atoms with Crippen molar-refractivity contribution in [2.45, 2.75) is 6.42 Å². The molecule has 1 fully saturated rings. The van der Waals surface area contributed by atoms with E-state index in [9.17, 15) is 9.59 Å². The lowest BCUT2D eigenvalue weighted by molar-refractivity contribution is 0.0765. The van der Waals surface area contributed by atoms with E-state index in [0.29, 0.717) is 5.56 Å². The van der Waals surface area contributed by atoms with Crippen LogP contribution >= 0.6 is 0 Å². The molecule has 1 saturated heterocycles. The molecule has 0 bridgehead atoms. The van der Waals surface area contributed by atoms with E-state index in [1.165, 1.54) is 10.6 Å². The topological polar surface area (TPSA) is 54.3 Å². The van der Waals surface area contributed by atoms with Gasteiger partial charge >= 0.3 is 0 Å². The van der Waals surface area contributed by atoms with E-state index in [0.717, 1.165) is 32.6 Å². The number of aromatic nitrogens is 1. The zero-order valence-electron chi connectivity index (χ0n) is 9.98. The van der Waals surface area contributed by atoms with E-state index in [-0.39, 0.29) is 11.5 Å². The molecule has 0 saturated carbocycles. The van der Waals surface area contributed by atoms with Crippen LogP contribution in [0, 0.1) is 0 Å². The highest BCUT2D eigenvalue weighted by atomic mass is 16.2. The Hall–Kier alpha value is -1.62. The number of rotatable bonds is 1. The summed E-state index contributed by atoms with van der Waals surface area (Å²) in [5.41, 5.74) is 0.480. The Morgan fingerprint density at radius 3 is 2.88 bits per heavy atom. The van der Waals surface area contributed by atoms with Crippen molar-refractivity contribution in [2.24, 2.45) is 7.05 Å². The number of nitrogens with zero attached hydrogens (tertiary/aromatic N) is 2. The number of hydrogen-bond acceptors (Lipinski definition) is 3. The van der Waals surface area contributed by atoms with E-state index in [1.807, 2.05) is 4.90 Å². The number of carbonyl (C=O) groups is 1. The number of nitrogens with one attached hydrogen (secondary N) is 1. The third kappa shape index (κ3) is 2.74. The molecule has 1 aliphatic rings. The maximum absolute atomic E-state index is 12.2. The average Bonchev–Trinajstić information content (AvgIpc) is 2.60. The van der Waals surface area contributed by atoms with Gasteiger partial charge in [-0.25, -0.2) is 0 Å². The molecule has 1 aromatic heterocycles. The fourth-order valence-corrected chi connectivity index (χ4v) is 1.95. The molecular weight excluding hydrogens is 218 g/mol. The first-order chi connectivity index (χ1) is 8.18. The van der Waals surface area contributed by atoms with Crippen molar-refractivity contribution in [2.75, 3.05) is 26.2 Å². The van der Waals surface area contributed by atoms with E-state index in [2.05, 4.69) is 5.32 Å². The SMILES string of the molecule is Cn1cc(C(=O)N2CCCNCC2)ccc1=O. The summed E-state index contributed by atoms with van der Waals surface area (Å²) in [6.45, 7) is 3.28. The molecule has 2 heterocycles. The van der Waals surface area contributed by atoms with Gasteiger partial charge in [0.05, 0.1) is 5.56 Å². The lowest BCUT2D eigenvalue weighted by Crippen LogP contribution is -2.34. The minimum absolute atomic E-state index is 0.00398. The molecule has 0 unspecified atom stereocenters. The highest BCUT2D eigenvalue weighted by Gasteiger charge is 2.17. The standard InChI is InChI=1S/C12H17N3O2/c1-14-9-10(3-4-11(14)16)12(17)15-7-2-5-13-6-8-15/h3-4,9,13H,2,5-8H2,1H3. The number of carbonyl (C=O) groups excluding carboxylic acids is 1. The third-order valence-electron chi connectivity index (χ3n) is 2.96. The first-order valence-electron chi connectivity index (χ1n) is 5.85. The molecule has 0 radical (unpaired) electrons. The van der Waals surface area contributed by atoms with Gasteiger partial charge in [-0.2, -0.15) is 0 Å². The van der Waals surface area contributed by atoms with Crippen LogP contribution in [0.3, 0.4) is 0 Å². The van der Waals surface area contributed by atoms with Crippen LogP contribution in [-0.4, -0.2) is 41.6 Å². The van der Waals surface area contributed by atoms with Crippen molar-refractivity contribution >= 4 is 5.91 Å². The highest BCUT2D eigenvalue weighted by molar-refractivity contribution is 5.93. The Bertz CT molecular complexity index is 459. The molecule has 0 aromatic carbocycles. The van der Waals surface area contributed by atoms with Gasteiger partial charge in [0.25, 0.3) is 5.91 Å². The normalized spacial score (nSPS) is 16.6. The van der Waals surface area contributed by atoms with Gasteiger partial charge in [-0.05, 0) is 19.0 Å². The van der Waals surface area contributed by atoms with Crippen molar-refractivity contribution < 1.29 is 4.79 Å². The summed E-state index contributed by atoms with van der Waals surface area (Å²) in [7, 11) is 1.66. The number of amides is 1. The van der Waals surface area contributed by atoms with Crippen molar-refractivity contribution in [1.29, 1.82) is 0 Å². The van der Waals surface area contributed by atoms with Crippen LogP contribution < -0.4 is 10.9 Å². The first kappa shape index (κ1) is 11.9. The van der Waals surface area contributed by atoms with Crippen LogP contribution in [-0.2, 0) is 7.05 Å². The zero-order valence-corrected chi connectivity index (χ0v) is 9.98. The summed E-state index contributed by atoms with van der Waals surface area (Å²) in [5.74, 6) is 0.00398. The Morgan fingerprint density at radius 1 is 1.29 bits per heavy atom. The van der Waals surface area contributed by atoms with Gasteiger partial charge in [-0.1, -0.05) is 0 Å². The molecule has 0 spiro atoms. The maximum atomic E-state index is 12.2. The van der Waals surface area contributed by atoms with Gasteiger partial charge in [-0.3, -0.25) is 9.59 Å². The molecule has 0 aliphatic carbocycles. The summed E-state index contributed by atoms with van der Waals surface area (Å²) in [5, 5.41) is 3.25. The molecule has 1 aliphatic heterocycles. The lowest BCUT2D eigenvalue weighted by atomic mass is 10.2. The van der Waals surface area contributed by atoms with Gasteiger partial charge in [0.2, 0.25) is 5.56 Å². The molecule has 1 amide bonds. The largest absolute Gasteiger partial charge is 0.337 e. The third-order valence-corrected chi connectivity index (χ3v) is 2.96. The van der Waals surface area contributed by atoms with Gasteiger partial charge in [-0.15, -0.1) is 0 Å². The molecule has 1 aromatic rings. The predicted molar refractivity (Wildman–Crippen MR) is 65.1 cm³/mol. The first-order valence-corrected chi connectivity index (χ1v) is 5.85. The monoisotopic (exact) mass is 235 g/mol. The Kier molecular flexibility index (Phi) is 3.58. The molecule has 0 atom stereocenters. The molecule has 92 valence electrons. The summed E-state index contributed by atoms with van der Waals surface area (Å²) < 4.78 is 1.43. The van der Waals surface area contributed by atoms with Crippen LogP contribution in [0.25, 0.3) is 0 Å². The molecule has 5 nitrogen and oxygen atoms in total. The van der Waals surface area contributed by atoms with E-state index >= 15 is 0 Å². The number of aryl methyl sites for hydroxylation is 1. The van der Waals surface area contributed by atoms with Gasteiger partial charge in [0, 0.05) is 38.9 Å². The van der Waals surface area contributed by atoms with Crippen LogP contribution in [0.5, 0.6) is 0 Å². The minimum Gasteiger partial charge on any atom is -0.337 e. The maximum Gasteiger partial charge on any atom is 0.255 e. The van der Waals surface area contributed by atoms with E-state index in [4.69, 9.17) is 0 Å². The average molecular weight is 235 g/mol. The fraction of sp³-hybridized carbons (Fsp3) is 0.500. The Morgan fingerprint density at radius 2 is 2.12 bits per heavy atom. The van der Waals surface area contributed by atoms with Crippen LogP contribution in [0.4, 0.5) is 0 Å². The van der Waals surface area contributed by atoms with Crippen LogP contribution in [0.2, 0.25) is 0 Å². The Balaban J connectivity index is 2.17. The van der Waals surface area contributed by atoms with Gasteiger partial charge in [0.15, 0.2) is 0 Å². The van der Waals surface area contributed by atoms with Crippen LogP contribution in [0.15, 0.2) is 23.1 Å². The molecular formula is C12H17N3O2. The van der Waals surface area contributed by atoms with Crippen molar-refractivity contribution in [3.05, 3.63) is 34.2 Å². The van der Waals surface area contributed by atoms with E-state index < -0.39 is 0 Å². The second-order valence-corrected chi connectivity index (χ2v) is 4.26. The number of pyridine rings is 1. The van der Waals surface area contributed by atoms with Crippen molar-refractivity contribution in [3.8, 4) is 0 Å². The second kappa shape index (κ2) is 5.14. The summed E-state index contributed by atoms with van der Waals surface area (Å²) in [4.78, 5) is 25.3. The smallest absolute Gasteiger partial charge is 0.255 e. The minimum atomic E-state index is -0.0981. The van der Waals surface area contributed by atoms with E-state index in [1.54, 1.807) is 19.3 Å². The Labute approximate surface area is 100 Å². The van der Waals surface area contributed by atoms with Crippen LogP contribution in [0.1, 0.15) is 16.8 Å². The molecule has 17 heavy (non-hydrogen) atoms. The fourth-order valence-electron chi connectivity index (χ4n) is 1.95. The lowest BCUT2D eigenvalue weighted by Gasteiger charge is -2.20. The van der Waals surface area contributed by atoms with Crippen molar-refractivity contribution in [1.82, 2.24) is 14.8 Å². The highest BCUT2D eigenvalue weighted by Crippen LogP contribution is 2.04. The zero-order chi connectivity index (χ0) is 12.3.